The van der Waals surface area contributed by atoms with Crippen LogP contribution < -0.4 is 5.32 Å². The van der Waals surface area contributed by atoms with Crippen LogP contribution in [0.25, 0.3) is 0 Å². The Morgan fingerprint density at radius 3 is 2.36 bits per heavy atom. The number of nitrogens with one attached hydrogen (secondary N) is 1. The van der Waals surface area contributed by atoms with Crippen LogP contribution in [0.4, 0.5) is 4.79 Å². The fourth-order valence-corrected chi connectivity index (χ4v) is 4.68. The van der Waals surface area contributed by atoms with E-state index in [0.29, 0.717) is 19.6 Å². The van der Waals surface area contributed by atoms with Crippen molar-refractivity contribution in [1.82, 2.24) is 15.1 Å². The van der Waals surface area contributed by atoms with Crippen molar-refractivity contribution in [1.29, 1.82) is 0 Å². The van der Waals surface area contributed by atoms with Crippen LogP contribution in [0.5, 0.6) is 0 Å². The Balaban J connectivity index is 2.16. The maximum Gasteiger partial charge on any atom is 0.317 e. The molecule has 2 atom stereocenters. The first-order valence-corrected chi connectivity index (χ1v) is 11.1. The van der Waals surface area contributed by atoms with Gasteiger partial charge in [0.15, 0.2) is 0 Å². The molecule has 1 aliphatic rings. The van der Waals surface area contributed by atoms with Gasteiger partial charge in [0.25, 0.3) is 0 Å². The third-order valence-electron chi connectivity index (χ3n) is 5.10. The molecule has 1 aromatic carbocycles. The van der Waals surface area contributed by atoms with Crippen molar-refractivity contribution in [3.63, 3.8) is 0 Å². The van der Waals surface area contributed by atoms with Crippen LogP contribution in [0.1, 0.15) is 65.0 Å². The number of hydrogen-bond acceptors (Lipinski definition) is 3. The molecule has 156 valence electrons. The summed E-state index contributed by atoms with van der Waals surface area (Å²) in [7, 11) is 0. The van der Waals surface area contributed by atoms with Gasteiger partial charge < -0.3 is 15.1 Å². The largest absolute Gasteiger partial charge is 0.338 e. The van der Waals surface area contributed by atoms with E-state index in [0.717, 1.165) is 5.56 Å². The van der Waals surface area contributed by atoms with Gasteiger partial charge in [-0.3, -0.25) is 4.79 Å². The fourth-order valence-electron chi connectivity index (χ4n) is 3.37. The summed E-state index contributed by atoms with van der Waals surface area (Å²) in [5.74, 6) is 0.148. The van der Waals surface area contributed by atoms with Gasteiger partial charge in [-0.2, -0.15) is 0 Å². The van der Waals surface area contributed by atoms with Gasteiger partial charge in [0.1, 0.15) is 5.37 Å². The number of carbonyl (C=O) groups is 2. The predicted molar refractivity (Wildman–Crippen MR) is 118 cm³/mol. The SMILES string of the molecule is CCNC(=O)N(CCN1C(=O)[C@H](C)S[C@H]1c1ccc(C(C)(C)C)cc1)C(C)C. The van der Waals surface area contributed by atoms with Crippen molar-refractivity contribution < 1.29 is 9.59 Å². The van der Waals surface area contributed by atoms with Crippen LogP contribution in [0.15, 0.2) is 24.3 Å². The van der Waals surface area contributed by atoms with E-state index in [4.69, 9.17) is 0 Å². The minimum Gasteiger partial charge on any atom is -0.338 e. The Kier molecular flexibility index (Phi) is 7.43. The molecule has 1 saturated heterocycles. The summed E-state index contributed by atoms with van der Waals surface area (Å²) < 4.78 is 0. The minimum atomic E-state index is -0.0732. The molecule has 0 saturated carbocycles. The molecule has 2 rings (SSSR count). The Hall–Kier alpha value is -1.69. The highest BCUT2D eigenvalue weighted by atomic mass is 32.2. The van der Waals surface area contributed by atoms with Crippen LogP contribution in [0.2, 0.25) is 0 Å². The lowest BCUT2D eigenvalue weighted by Gasteiger charge is -2.31. The second-order valence-corrected chi connectivity index (χ2v) is 10.1. The van der Waals surface area contributed by atoms with Gasteiger partial charge >= 0.3 is 6.03 Å². The molecule has 0 aliphatic carbocycles. The number of carbonyl (C=O) groups excluding carboxylic acids is 2. The van der Waals surface area contributed by atoms with Gasteiger partial charge in [-0.1, -0.05) is 45.0 Å². The molecule has 0 unspecified atom stereocenters. The first-order chi connectivity index (χ1) is 13.1. The number of urea groups is 1. The molecule has 1 heterocycles. The lowest BCUT2D eigenvalue weighted by Crippen LogP contribution is -2.48. The lowest BCUT2D eigenvalue weighted by atomic mass is 9.86. The van der Waals surface area contributed by atoms with Gasteiger partial charge in [0.2, 0.25) is 5.91 Å². The van der Waals surface area contributed by atoms with E-state index in [1.807, 2.05) is 32.6 Å². The summed E-state index contributed by atoms with van der Waals surface area (Å²) in [4.78, 5) is 28.8. The van der Waals surface area contributed by atoms with Crippen molar-refractivity contribution in [2.45, 2.75) is 70.5 Å². The predicted octanol–water partition coefficient (Wildman–Crippen LogP) is 4.39. The number of hydrogen-bond donors (Lipinski definition) is 1. The summed E-state index contributed by atoms with van der Waals surface area (Å²) in [5, 5.41) is 2.80. The van der Waals surface area contributed by atoms with Crippen LogP contribution in [-0.4, -0.2) is 52.7 Å². The van der Waals surface area contributed by atoms with E-state index in [1.54, 1.807) is 16.7 Å². The Morgan fingerprint density at radius 1 is 1.25 bits per heavy atom. The molecule has 0 bridgehead atoms. The second-order valence-electron chi connectivity index (χ2n) is 8.66. The lowest BCUT2D eigenvalue weighted by molar-refractivity contribution is -0.130. The molecule has 3 amide bonds. The van der Waals surface area contributed by atoms with Crippen molar-refractivity contribution in [2.24, 2.45) is 0 Å². The summed E-state index contributed by atoms with van der Waals surface area (Å²) >= 11 is 1.68. The number of nitrogens with zero attached hydrogens (tertiary/aromatic N) is 2. The van der Waals surface area contributed by atoms with E-state index in [1.165, 1.54) is 5.56 Å². The van der Waals surface area contributed by atoms with Crippen molar-refractivity contribution in [3.05, 3.63) is 35.4 Å². The maximum absolute atomic E-state index is 12.8. The van der Waals surface area contributed by atoms with Crippen molar-refractivity contribution in [3.8, 4) is 0 Å². The molecule has 1 N–H and O–H groups in total. The van der Waals surface area contributed by atoms with E-state index < -0.39 is 0 Å². The summed E-state index contributed by atoms with van der Waals surface area (Å²) in [6.07, 6.45) is 0. The highest BCUT2D eigenvalue weighted by Crippen LogP contribution is 2.43. The number of benzene rings is 1. The quantitative estimate of drug-likeness (QED) is 0.764. The zero-order valence-corrected chi connectivity index (χ0v) is 19.1. The Labute approximate surface area is 174 Å². The molecule has 1 aromatic rings. The molecule has 1 aliphatic heterocycles. The van der Waals surface area contributed by atoms with Crippen molar-refractivity contribution in [2.75, 3.05) is 19.6 Å². The molecule has 0 radical (unpaired) electrons. The standard InChI is InChI=1S/C22H35N3O2S/c1-8-23-21(27)24(15(2)3)13-14-25-19(26)16(4)28-20(25)17-9-11-18(12-10-17)22(5,6)7/h9-12,15-16,20H,8,13-14H2,1-7H3,(H,23,27)/t16-,20-/m0/s1. The molecule has 0 spiro atoms. The number of amides is 3. The van der Waals surface area contributed by atoms with Crippen LogP contribution in [0.3, 0.4) is 0 Å². The smallest absolute Gasteiger partial charge is 0.317 e. The molecule has 1 fully saturated rings. The second kappa shape index (κ2) is 9.21. The van der Waals surface area contributed by atoms with Crippen LogP contribution in [-0.2, 0) is 10.2 Å². The van der Waals surface area contributed by atoms with Gasteiger partial charge in [-0.25, -0.2) is 4.79 Å². The maximum atomic E-state index is 12.8. The molecule has 28 heavy (non-hydrogen) atoms. The third kappa shape index (κ3) is 5.22. The summed E-state index contributed by atoms with van der Waals surface area (Å²) in [6.45, 7) is 16.1. The zero-order chi connectivity index (χ0) is 21.1. The minimum absolute atomic E-state index is 0.000216. The summed E-state index contributed by atoms with van der Waals surface area (Å²) in [5.41, 5.74) is 2.53. The topological polar surface area (TPSA) is 52.7 Å². The first-order valence-electron chi connectivity index (χ1n) is 10.2. The third-order valence-corrected chi connectivity index (χ3v) is 6.50. The Morgan fingerprint density at radius 2 is 1.86 bits per heavy atom. The van der Waals surface area contributed by atoms with Gasteiger partial charge in [0, 0.05) is 25.7 Å². The Bertz CT molecular complexity index is 682. The fraction of sp³-hybridized carbons (Fsp3) is 0.636. The first kappa shape index (κ1) is 22.6. The average molecular weight is 406 g/mol. The monoisotopic (exact) mass is 405 g/mol. The van der Waals surface area contributed by atoms with E-state index in [9.17, 15) is 9.59 Å². The van der Waals surface area contributed by atoms with E-state index >= 15 is 0 Å². The average Bonchev–Trinajstić information content (AvgIpc) is 2.89. The molecule has 6 heteroatoms. The molecular formula is C22H35N3O2S. The van der Waals surface area contributed by atoms with Crippen LogP contribution >= 0.6 is 11.8 Å². The van der Waals surface area contributed by atoms with E-state index in [-0.39, 0.29) is 34.0 Å². The van der Waals surface area contributed by atoms with Crippen molar-refractivity contribution >= 4 is 23.7 Å². The summed E-state index contributed by atoms with van der Waals surface area (Å²) in [6, 6.07) is 8.61. The van der Waals surface area contributed by atoms with E-state index in [2.05, 4.69) is 50.4 Å². The molecule has 5 nitrogen and oxygen atoms in total. The van der Waals surface area contributed by atoms with Gasteiger partial charge in [-0.05, 0) is 44.2 Å². The normalized spacial score (nSPS) is 20.0. The highest BCUT2D eigenvalue weighted by molar-refractivity contribution is 8.01. The molecule has 0 aromatic heterocycles. The number of thioether (sulfide) groups is 1. The number of rotatable bonds is 6. The molecular weight excluding hydrogens is 370 g/mol. The highest BCUT2D eigenvalue weighted by Gasteiger charge is 2.38. The van der Waals surface area contributed by atoms with Crippen LogP contribution in [0, 0.1) is 0 Å². The zero-order valence-electron chi connectivity index (χ0n) is 18.3. The van der Waals surface area contributed by atoms with Gasteiger partial charge in [0.05, 0.1) is 5.25 Å². The van der Waals surface area contributed by atoms with Gasteiger partial charge in [-0.15, -0.1) is 11.8 Å².